The molecule has 2 heterocycles. The Morgan fingerprint density at radius 2 is 2.19 bits per heavy atom. The van der Waals surface area contributed by atoms with E-state index in [1.165, 1.54) is 11.1 Å². The van der Waals surface area contributed by atoms with Crippen molar-refractivity contribution in [2.45, 2.75) is 36.5 Å². The lowest BCUT2D eigenvalue weighted by molar-refractivity contribution is -0.0575. The number of aromatic hydroxyl groups is 1. The molecular weight excluding hydrogens is 266 g/mol. The molecule has 5 rings (SSSR count). The number of hydrogen-bond acceptors (Lipinski definition) is 4. The Kier molecular flexibility index (Phi) is 2.08. The Hall–Kier alpha value is -1.52. The molecule has 0 saturated carbocycles. The van der Waals surface area contributed by atoms with Crippen molar-refractivity contribution in [1.29, 1.82) is 0 Å². The van der Waals surface area contributed by atoms with Gasteiger partial charge in [0.05, 0.1) is 6.10 Å². The van der Waals surface area contributed by atoms with Gasteiger partial charge in [0, 0.05) is 22.9 Å². The molecule has 2 aliphatic carbocycles. The molecule has 0 unspecified atom stereocenters. The molecule has 2 bridgehead atoms. The van der Waals surface area contributed by atoms with Crippen molar-refractivity contribution in [3.8, 4) is 11.5 Å². The fraction of sp³-hybridized carbons (Fsp3) is 0.529. The molecule has 1 fully saturated rings. The maximum atomic E-state index is 10.6. The smallest absolute Gasteiger partial charge is 0.166 e. The highest BCUT2D eigenvalue weighted by Crippen LogP contribution is 2.62. The number of ether oxygens (including phenoxy) is 1. The van der Waals surface area contributed by atoms with Gasteiger partial charge in [-0.05, 0) is 44.1 Å². The van der Waals surface area contributed by atoms with Crippen molar-refractivity contribution < 1.29 is 14.9 Å². The summed E-state index contributed by atoms with van der Waals surface area (Å²) in [5, 5.41) is 20.8. The summed E-state index contributed by atoms with van der Waals surface area (Å²) >= 11 is 0. The minimum atomic E-state index is -0.431. The molecule has 21 heavy (non-hydrogen) atoms. The molecule has 4 nitrogen and oxygen atoms in total. The molecule has 0 radical (unpaired) electrons. The fourth-order valence-corrected chi connectivity index (χ4v) is 5.31. The van der Waals surface area contributed by atoms with Gasteiger partial charge in [-0.1, -0.05) is 12.1 Å². The topological polar surface area (TPSA) is 52.9 Å². The average Bonchev–Trinajstić information content (AvgIpc) is 2.81. The lowest BCUT2D eigenvalue weighted by Crippen LogP contribution is -2.65. The zero-order valence-corrected chi connectivity index (χ0v) is 12.0. The minimum Gasteiger partial charge on any atom is -0.504 e. The number of rotatable bonds is 0. The number of likely N-dealkylation sites (tertiary alicyclic amines) is 1. The Labute approximate surface area is 123 Å². The Morgan fingerprint density at radius 3 is 3.05 bits per heavy atom. The van der Waals surface area contributed by atoms with Gasteiger partial charge in [0.25, 0.3) is 0 Å². The predicted octanol–water partition coefficient (Wildman–Crippen LogP) is 1.20. The second kappa shape index (κ2) is 3.62. The van der Waals surface area contributed by atoms with E-state index in [9.17, 15) is 10.2 Å². The molecule has 110 valence electrons. The van der Waals surface area contributed by atoms with Crippen molar-refractivity contribution in [2.24, 2.45) is 5.92 Å². The van der Waals surface area contributed by atoms with Gasteiger partial charge >= 0.3 is 0 Å². The van der Waals surface area contributed by atoms with Crippen LogP contribution in [-0.2, 0) is 11.8 Å². The summed E-state index contributed by atoms with van der Waals surface area (Å²) in [4.78, 5) is 2.38. The third kappa shape index (κ3) is 1.21. The molecule has 4 aliphatic rings. The minimum absolute atomic E-state index is 0.0514. The normalized spacial score (nSPS) is 42.6. The summed E-state index contributed by atoms with van der Waals surface area (Å²) in [6.07, 6.45) is 5.29. The largest absolute Gasteiger partial charge is 0.504 e. The Balaban J connectivity index is 1.85. The van der Waals surface area contributed by atoms with Crippen molar-refractivity contribution in [3.05, 3.63) is 35.4 Å². The van der Waals surface area contributed by atoms with Crippen LogP contribution in [0.3, 0.4) is 0 Å². The molecule has 2 aliphatic heterocycles. The van der Waals surface area contributed by atoms with Crippen LogP contribution in [0.2, 0.25) is 0 Å². The van der Waals surface area contributed by atoms with Crippen LogP contribution in [0.25, 0.3) is 0 Å². The maximum absolute atomic E-state index is 10.6. The Bertz CT molecular complexity index is 670. The lowest BCUT2D eigenvalue weighted by Gasteiger charge is -2.57. The van der Waals surface area contributed by atoms with Crippen LogP contribution in [0.5, 0.6) is 11.5 Å². The van der Waals surface area contributed by atoms with Gasteiger partial charge in [-0.15, -0.1) is 0 Å². The van der Waals surface area contributed by atoms with E-state index in [0.29, 0.717) is 11.8 Å². The van der Waals surface area contributed by atoms with E-state index in [2.05, 4.69) is 11.9 Å². The molecule has 1 spiro atoms. The second-order valence-electron chi connectivity index (χ2n) is 6.93. The first-order valence-electron chi connectivity index (χ1n) is 7.71. The monoisotopic (exact) mass is 285 g/mol. The van der Waals surface area contributed by atoms with Gasteiger partial charge in [0.15, 0.2) is 11.5 Å². The summed E-state index contributed by atoms with van der Waals surface area (Å²) in [5.41, 5.74) is 2.29. The highest BCUT2D eigenvalue weighted by Gasteiger charge is 2.64. The molecule has 1 aromatic carbocycles. The van der Waals surface area contributed by atoms with Crippen LogP contribution >= 0.6 is 0 Å². The van der Waals surface area contributed by atoms with Crippen molar-refractivity contribution >= 4 is 0 Å². The SMILES string of the molecule is CN1CC[C@]23c4c5ccc(O)c4O[C@H]2C=C[C@@H](O)[C@H]3[C@H]1C5. The summed E-state index contributed by atoms with van der Waals surface area (Å²) in [7, 11) is 2.15. The molecular formula is C17H19NO3. The number of likely N-dealkylation sites (N-methyl/N-ethyl adjacent to an activating group) is 1. The highest BCUT2D eigenvalue weighted by atomic mass is 16.5. The van der Waals surface area contributed by atoms with Gasteiger partial charge in [-0.2, -0.15) is 0 Å². The number of hydrogen-bond donors (Lipinski definition) is 2. The number of nitrogens with zero attached hydrogens (tertiary/aromatic N) is 1. The zero-order valence-electron chi connectivity index (χ0n) is 12.0. The molecule has 4 heteroatoms. The molecule has 1 saturated heterocycles. The number of aliphatic hydroxyl groups excluding tert-OH is 1. The maximum Gasteiger partial charge on any atom is 0.166 e. The second-order valence-corrected chi connectivity index (χ2v) is 6.93. The van der Waals surface area contributed by atoms with Gasteiger partial charge in [0.2, 0.25) is 0 Å². The fourth-order valence-electron chi connectivity index (χ4n) is 5.31. The number of aliphatic hydroxyl groups is 1. The van der Waals surface area contributed by atoms with Gasteiger partial charge in [-0.3, -0.25) is 0 Å². The van der Waals surface area contributed by atoms with Crippen LogP contribution in [0.1, 0.15) is 17.5 Å². The predicted molar refractivity (Wildman–Crippen MR) is 77.6 cm³/mol. The highest BCUT2D eigenvalue weighted by molar-refractivity contribution is 5.61. The van der Waals surface area contributed by atoms with Crippen molar-refractivity contribution in [2.75, 3.05) is 13.6 Å². The van der Waals surface area contributed by atoms with Crippen LogP contribution in [0, 0.1) is 5.92 Å². The third-order valence-electron chi connectivity index (χ3n) is 6.17. The summed E-state index contributed by atoms with van der Waals surface area (Å²) < 4.78 is 6.13. The van der Waals surface area contributed by atoms with E-state index in [1.54, 1.807) is 6.07 Å². The Morgan fingerprint density at radius 1 is 1.33 bits per heavy atom. The number of phenolic OH excluding ortho intramolecular Hbond substituents is 1. The third-order valence-corrected chi connectivity index (χ3v) is 6.17. The van der Waals surface area contributed by atoms with Crippen LogP contribution < -0.4 is 4.74 Å². The van der Waals surface area contributed by atoms with Gasteiger partial charge in [-0.25, -0.2) is 0 Å². The van der Waals surface area contributed by atoms with E-state index in [4.69, 9.17) is 4.74 Å². The van der Waals surface area contributed by atoms with Crippen LogP contribution in [-0.4, -0.2) is 47.0 Å². The quantitative estimate of drug-likeness (QED) is 0.703. The van der Waals surface area contributed by atoms with Crippen LogP contribution in [0.15, 0.2) is 24.3 Å². The zero-order chi connectivity index (χ0) is 14.4. The van der Waals surface area contributed by atoms with Crippen molar-refractivity contribution in [3.63, 3.8) is 0 Å². The van der Waals surface area contributed by atoms with Gasteiger partial charge in [0.1, 0.15) is 6.10 Å². The molecule has 0 amide bonds. The first-order chi connectivity index (χ1) is 10.1. The first-order valence-corrected chi connectivity index (χ1v) is 7.71. The summed E-state index contributed by atoms with van der Waals surface area (Å²) in [6, 6.07) is 4.13. The number of benzene rings is 1. The van der Waals surface area contributed by atoms with E-state index >= 15 is 0 Å². The van der Waals surface area contributed by atoms with Crippen LogP contribution in [0.4, 0.5) is 0 Å². The van der Waals surface area contributed by atoms with E-state index in [0.717, 1.165) is 19.4 Å². The standard InChI is InChI=1S/C17H19NO3/c1-18-7-6-17-13-5-4-11(19)15(17)10(18)8-9-2-3-12(20)16(21-13)14(9)17/h2-5,10-11,13,15,19-20H,6-8H2,1H3/t10-,11-,13+,15-,17-/m1/s1. The number of phenols is 1. The number of piperidine rings is 1. The molecule has 5 atom stereocenters. The average molecular weight is 285 g/mol. The lowest BCUT2D eigenvalue weighted by atomic mass is 9.52. The van der Waals surface area contributed by atoms with E-state index in [1.807, 2.05) is 18.2 Å². The van der Waals surface area contributed by atoms with Gasteiger partial charge < -0.3 is 19.8 Å². The molecule has 0 aromatic heterocycles. The van der Waals surface area contributed by atoms with E-state index in [-0.39, 0.29) is 23.2 Å². The summed E-state index contributed by atoms with van der Waals surface area (Å²) in [6.45, 7) is 1.01. The van der Waals surface area contributed by atoms with Crippen molar-refractivity contribution in [1.82, 2.24) is 4.90 Å². The summed E-state index contributed by atoms with van der Waals surface area (Å²) in [5.74, 6) is 1.04. The molecule has 1 aromatic rings. The molecule has 2 N–H and O–H groups in total. The first kappa shape index (κ1) is 12.1. The van der Waals surface area contributed by atoms with E-state index < -0.39 is 6.10 Å².